The minimum atomic E-state index is 0.567. The van der Waals surface area contributed by atoms with E-state index in [0.717, 1.165) is 13.1 Å². The number of rotatable bonds is 2. The standard InChI is InChI=1S/C16H21N3/c1-13-4-5-16(12-14(13)2)18-10-6-15(7-11-18)19-9-3-8-17-19/h3-5,8-9,12,15H,6-7,10-11H2,1-2H3. The summed E-state index contributed by atoms with van der Waals surface area (Å²) in [5, 5.41) is 4.36. The summed E-state index contributed by atoms with van der Waals surface area (Å²) in [5.41, 5.74) is 4.11. The molecule has 1 aromatic carbocycles. The van der Waals surface area contributed by atoms with E-state index in [1.807, 2.05) is 12.3 Å². The molecule has 1 aromatic heterocycles. The Morgan fingerprint density at radius 2 is 1.89 bits per heavy atom. The highest BCUT2D eigenvalue weighted by Gasteiger charge is 2.20. The van der Waals surface area contributed by atoms with Gasteiger partial charge in [0.05, 0.1) is 6.04 Å². The zero-order valence-corrected chi connectivity index (χ0v) is 11.7. The smallest absolute Gasteiger partial charge is 0.0552 e. The quantitative estimate of drug-likeness (QED) is 0.820. The van der Waals surface area contributed by atoms with Crippen LogP contribution >= 0.6 is 0 Å². The van der Waals surface area contributed by atoms with Crippen LogP contribution in [0.3, 0.4) is 0 Å². The summed E-state index contributed by atoms with van der Waals surface area (Å²) >= 11 is 0. The van der Waals surface area contributed by atoms with E-state index in [1.54, 1.807) is 0 Å². The van der Waals surface area contributed by atoms with Crippen LogP contribution in [-0.4, -0.2) is 22.9 Å². The predicted octanol–water partition coefficient (Wildman–Crippen LogP) is 3.34. The van der Waals surface area contributed by atoms with Crippen LogP contribution in [0.2, 0.25) is 0 Å². The van der Waals surface area contributed by atoms with E-state index in [2.05, 4.69) is 52.9 Å². The topological polar surface area (TPSA) is 21.1 Å². The molecule has 0 bridgehead atoms. The molecule has 0 amide bonds. The second-order valence-corrected chi connectivity index (χ2v) is 5.47. The van der Waals surface area contributed by atoms with Gasteiger partial charge < -0.3 is 4.90 Å². The Morgan fingerprint density at radius 1 is 1.11 bits per heavy atom. The van der Waals surface area contributed by atoms with Crippen LogP contribution in [0.1, 0.15) is 30.0 Å². The Morgan fingerprint density at radius 3 is 2.53 bits per heavy atom. The Balaban J connectivity index is 1.68. The first kappa shape index (κ1) is 12.3. The molecular weight excluding hydrogens is 234 g/mol. The number of aromatic nitrogens is 2. The summed E-state index contributed by atoms with van der Waals surface area (Å²) < 4.78 is 2.11. The molecule has 0 saturated carbocycles. The number of piperidine rings is 1. The highest BCUT2D eigenvalue weighted by molar-refractivity contribution is 5.50. The van der Waals surface area contributed by atoms with Gasteiger partial charge in [0.25, 0.3) is 0 Å². The molecule has 2 aromatic rings. The van der Waals surface area contributed by atoms with E-state index in [1.165, 1.54) is 29.7 Å². The third-order valence-electron chi connectivity index (χ3n) is 4.22. The van der Waals surface area contributed by atoms with Crippen LogP contribution < -0.4 is 4.90 Å². The maximum absolute atomic E-state index is 4.36. The van der Waals surface area contributed by atoms with Gasteiger partial charge in [-0.1, -0.05) is 6.07 Å². The van der Waals surface area contributed by atoms with Crippen molar-refractivity contribution >= 4 is 5.69 Å². The van der Waals surface area contributed by atoms with E-state index in [-0.39, 0.29) is 0 Å². The van der Waals surface area contributed by atoms with Crippen molar-refractivity contribution in [3.05, 3.63) is 47.8 Å². The van der Waals surface area contributed by atoms with Gasteiger partial charge in [0.2, 0.25) is 0 Å². The summed E-state index contributed by atoms with van der Waals surface area (Å²) in [5.74, 6) is 0. The van der Waals surface area contributed by atoms with Gasteiger partial charge >= 0.3 is 0 Å². The largest absolute Gasteiger partial charge is 0.371 e. The summed E-state index contributed by atoms with van der Waals surface area (Å²) in [7, 11) is 0. The lowest BCUT2D eigenvalue weighted by molar-refractivity contribution is 0.367. The summed E-state index contributed by atoms with van der Waals surface area (Å²) in [6.07, 6.45) is 6.30. The molecule has 0 unspecified atom stereocenters. The Kier molecular flexibility index (Phi) is 3.28. The van der Waals surface area contributed by atoms with E-state index in [0.29, 0.717) is 6.04 Å². The Bertz CT molecular complexity index is 537. The minimum Gasteiger partial charge on any atom is -0.371 e. The van der Waals surface area contributed by atoms with Crippen molar-refractivity contribution in [1.82, 2.24) is 9.78 Å². The molecule has 1 aliphatic heterocycles. The van der Waals surface area contributed by atoms with Crippen molar-refractivity contribution in [3.63, 3.8) is 0 Å². The molecular formula is C16H21N3. The van der Waals surface area contributed by atoms with Crippen molar-refractivity contribution in [2.45, 2.75) is 32.7 Å². The molecule has 1 fully saturated rings. The number of benzene rings is 1. The molecule has 3 heteroatoms. The number of aryl methyl sites for hydroxylation is 2. The van der Waals surface area contributed by atoms with Crippen LogP contribution in [-0.2, 0) is 0 Å². The van der Waals surface area contributed by atoms with E-state index < -0.39 is 0 Å². The van der Waals surface area contributed by atoms with Gasteiger partial charge in [-0.2, -0.15) is 5.10 Å². The van der Waals surface area contributed by atoms with Crippen molar-refractivity contribution < 1.29 is 0 Å². The molecule has 3 nitrogen and oxygen atoms in total. The fraction of sp³-hybridized carbons (Fsp3) is 0.438. The van der Waals surface area contributed by atoms with Gasteiger partial charge in [0.15, 0.2) is 0 Å². The second kappa shape index (κ2) is 5.08. The van der Waals surface area contributed by atoms with E-state index in [9.17, 15) is 0 Å². The van der Waals surface area contributed by atoms with Gasteiger partial charge in [-0.05, 0) is 56.0 Å². The van der Waals surface area contributed by atoms with Crippen molar-refractivity contribution in [2.24, 2.45) is 0 Å². The number of hydrogen-bond donors (Lipinski definition) is 0. The molecule has 0 aliphatic carbocycles. The Hall–Kier alpha value is -1.77. The normalized spacial score (nSPS) is 16.8. The van der Waals surface area contributed by atoms with Gasteiger partial charge in [-0.3, -0.25) is 4.68 Å². The lowest BCUT2D eigenvalue weighted by Crippen LogP contribution is -2.34. The van der Waals surface area contributed by atoms with Gasteiger partial charge in [-0.15, -0.1) is 0 Å². The number of hydrogen-bond acceptors (Lipinski definition) is 2. The summed E-state index contributed by atoms with van der Waals surface area (Å²) in [4.78, 5) is 2.49. The van der Waals surface area contributed by atoms with Crippen LogP contribution in [0.25, 0.3) is 0 Å². The fourth-order valence-corrected chi connectivity index (χ4v) is 2.81. The molecule has 2 heterocycles. The highest BCUT2D eigenvalue weighted by Crippen LogP contribution is 2.27. The molecule has 0 atom stereocenters. The van der Waals surface area contributed by atoms with Crippen LogP contribution in [0.5, 0.6) is 0 Å². The molecule has 1 aliphatic rings. The maximum atomic E-state index is 4.36. The molecule has 19 heavy (non-hydrogen) atoms. The third-order valence-corrected chi connectivity index (χ3v) is 4.22. The first-order chi connectivity index (χ1) is 9.24. The zero-order chi connectivity index (χ0) is 13.2. The molecule has 100 valence electrons. The third kappa shape index (κ3) is 2.50. The second-order valence-electron chi connectivity index (χ2n) is 5.47. The average molecular weight is 255 g/mol. The van der Waals surface area contributed by atoms with Crippen LogP contribution in [0.15, 0.2) is 36.7 Å². The molecule has 0 radical (unpaired) electrons. The highest BCUT2D eigenvalue weighted by atomic mass is 15.3. The lowest BCUT2D eigenvalue weighted by atomic mass is 10.0. The van der Waals surface area contributed by atoms with Crippen LogP contribution in [0, 0.1) is 13.8 Å². The van der Waals surface area contributed by atoms with Gasteiger partial charge in [-0.25, -0.2) is 0 Å². The lowest BCUT2D eigenvalue weighted by Gasteiger charge is -2.34. The SMILES string of the molecule is Cc1ccc(N2CCC(n3cccn3)CC2)cc1C. The van der Waals surface area contributed by atoms with Crippen molar-refractivity contribution in [1.29, 1.82) is 0 Å². The molecule has 1 saturated heterocycles. The fourth-order valence-electron chi connectivity index (χ4n) is 2.81. The molecule has 0 N–H and O–H groups in total. The van der Waals surface area contributed by atoms with Crippen molar-refractivity contribution in [2.75, 3.05) is 18.0 Å². The minimum absolute atomic E-state index is 0.567. The summed E-state index contributed by atoms with van der Waals surface area (Å²) in [6.45, 7) is 6.60. The first-order valence-electron chi connectivity index (χ1n) is 7.05. The first-order valence-corrected chi connectivity index (χ1v) is 7.05. The zero-order valence-electron chi connectivity index (χ0n) is 11.7. The summed E-state index contributed by atoms with van der Waals surface area (Å²) in [6, 6.07) is 9.36. The molecule has 3 rings (SSSR count). The van der Waals surface area contributed by atoms with E-state index >= 15 is 0 Å². The monoisotopic (exact) mass is 255 g/mol. The predicted molar refractivity (Wildman–Crippen MR) is 78.6 cm³/mol. The number of nitrogens with zero attached hydrogens (tertiary/aromatic N) is 3. The Labute approximate surface area is 114 Å². The average Bonchev–Trinajstić information content (AvgIpc) is 2.96. The molecule has 0 spiro atoms. The number of anilines is 1. The van der Waals surface area contributed by atoms with Gasteiger partial charge in [0.1, 0.15) is 0 Å². The maximum Gasteiger partial charge on any atom is 0.0552 e. The van der Waals surface area contributed by atoms with Crippen molar-refractivity contribution in [3.8, 4) is 0 Å². The van der Waals surface area contributed by atoms with E-state index in [4.69, 9.17) is 0 Å². The van der Waals surface area contributed by atoms with Crippen LogP contribution in [0.4, 0.5) is 5.69 Å². The van der Waals surface area contributed by atoms with Gasteiger partial charge in [0, 0.05) is 31.2 Å².